The molecule has 6 rings (SSSR count). The fourth-order valence-electron chi connectivity index (χ4n) is 10.8. The molecular weight excluding hydrogens is 517 g/mol. The topological polar surface area (TPSA) is 26.3 Å². The maximum Gasteiger partial charge on any atom is 0.159 e. The van der Waals surface area contributed by atoms with Crippen molar-refractivity contribution in [1.29, 1.82) is 0 Å². The van der Waals surface area contributed by atoms with Crippen LogP contribution >= 0.6 is 0 Å². The van der Waals surface area contributed by atoms with Crippen LogP contribution < -0.4 is 0 Å². The first kappa shape index (κ1) is 28.9. The number of fused-ring (bicyclic) bond motifs is 5. The third-order valence-electron chi connectivity index (χ3n) is 12.9. The molecule has 0 heterocycles. The predicted octanol–water partition coefficient (Wildman–Crippen LogP) is 8.25. The molecule has 4 aliphatic carbocycles. The van der Waals surface area contributed by atoms with Gasteiger partial charge in [0.2, 0.25) is 0 Å². The number of allylic oxidation sites excluding steroid dienone is 4. The summed E-state index contributed by atoms with van der Waals surface area (Å²) in [6.07, 6.45) is 17.1. The van der Waals surface area contributed by atoms with Crippen LogP contribution in [0.25, 0.3) is 0 Å². The average Bonchev–Trinajstić information content (AvgIpc) is 3.36. The van der Waals surface area contributed by atoms with Crippen molar-refractivity contribution in [3.05, 3.63) is 95.6 Å². The summed E-state index contributed by atoms with van der Waals surface area (Å²) < 4.78 is 6.97. The van der Waals surface area contributed by atoms with Crippen LogP contribution in [0.15, 0.2) is 84.5 Å². The van der Waals surface area contributed by atoms with E-state index in [-0.39, 0.29) is 22.0 Å². The van der Waals surface area contributed by atoms with Crippen molar-refractivity contribution >= 4 is 16.3 Å². The SMILES string of the molecule is CCCCC(c1ccccc1)([C@H]1CC[C@H]2[C@@H]3CC=C4CC(=O)C=C[C@]4(C)[C@H]3CC[C@]12C)C(C)(O[SiH3])c1ccccc1. The van der Waals surface area contributed by atoms with Crippen LogP contribution in [0.2, 0.25) is 0 Å². The molecule has 0 aromatic heterocycles. The van der Waals surface area contributed by atoms with Gasteiger partial charge in [0, 0.05) is 17.3 Å². The Labute approximate surface area is 251 Å². The summed E-state index contributed by atoms with van der Waals surface area (Å²) >= 11 is 0. The van der Waals surface area contributed by atoms with Gasteiger partial charge in [0.15, 0.2) is 5.78 Å². The molecule has 0 radical (unpaired) electrons. The van der Waals surface area contributed by atoms with E-state index in [1.54, 1.807) is 0 Å². The first-order valence-electron chi connectivity index (χ1n) is 16.3. The normalized spacial score (nSPS) is 35.5. The Bertz CT molecular complexity index is 1320. The molecule has 218 valence electrons. The molecule has 3 heteroatoms. The molecular formula is C38H50O2Si. The summed E-state index contributed by atoms with van der Waals surface area (Å²) in [6.45, 7) is 9.89. The van der Waals surface area contributed by atoms with Crippen molar-refractivity contribution in [3.8, 4) is 0 Å². The second-order valence-electron chi connectivity index (χ2n) is 14.3. The third-order valence-corrected chi connectivity index (χ3v) is 13.7. The van der Waals surface area contributed by atoms with E-state index in [0.717, 1.165) is 12.8 Å². The Morgan fingerprint density at radius 3 is 2.29 bits per heavy atom. The van der Waals surface area contributed by atoms with Gasteiger partial charge in [-0.3, -0.25) is 4.79 Å². The first-order chi connectivity index (χ1) is 19.7. The van der Waals surface area contributed by atoms with Crippen molar-refractivity contribution in [3.63, 3.8) is 0 Å². The summed E-state index contributed by atoms with van der Waals surface area (Å²) in [5, 5.41) is 0. The molecule has 2 unspecified atom stereocenters. The lowest BCUT2D eigenvalue weighted by atomic mass is 9.44. The van der Waals surface area contributed by atoms with Gasteiger partial charge in [-0.15, -0.1) is 0 Å². The lowest BCUT2D eigenvalue weighted by Crippen LogP contribution is -2.59. The van der Waals surface area contributed by atoms with Crippen molar-refractivity contribution in [2.45, 2.75) is 96.5 Å². The number of hydrogen-bond acceptors (Lipinski definition) is 2. The van der Waals surface area contributed by atoms with Gasteiger partial charge in [-0.25, -0.2) is 0 Å². The molecule has 0 amide bonds. The second-order valence-corrected chi connectivity index (χ2v) is 14.7. The van der Waals surface area contributed by atoms with E-state index in [9.17, 15) is 4.79 Å². The highest BCUT2D eigenvalue weighted by Gasteiger charge is 2.66. The number of hydrogen-bond donors (Lipinski definition) is 0. The summed E-state index contributed by atoms with van der Waals surface area (Å²) in [4.78, 5) is 12.3. The molecule has 0 spiro atoms. The summed E-state index contributed by atoms with van der Waals surface area (Å²) in [5.41, 5.74) is 3.98. The number of carbonyl (C=O) groups excluding carboxylic acids is 1. The van der Waals surface area contributed by atoms with E-state index in [0.29, 0.717) is 40.6 Å². The monoisotopic (exact) mass is 566 g/mol. The molecule has 41 heavy (non-hydrogen) atoms. The molecule has 2 aromatic rings. The lowest BCUT2D eigenvalue weighted by Gasteiger charge is -2.61. The molecule has 0 aliphatic heterocycles. The number of carbonyl (C=O) groups is 1. The molecule has 4 aliphatic rings. The first-order valence-corrected chi connectivity index (χ1v) is 17.1. The molecule has 0 saturated heterocycles. The Hall–Kier alpha value is -2.23. The van der Waals surface area contributed by atoms with Crippen LogP contribution in [0, 0.1) is 34.5 Å². The van der Waals surface area contributed by atoms with E-state index in [4.69, 9.17) is 4.43 Å². The van der Waals surface area contributed by atoms with Crippen LogP contribution in [-0.2, 0) is 20.2 Å². The number of benzene rings is 2. The van der Waals surface area contributed by atoms with Crippen LogP contribution in [-0.4, -0.2) is 16.3 Å². The smallest absolute Gasteiger partial charge is 0.159 e. The van der Waals surface area contributed by atoms with Crippen LogP contribution in [0.3, 0.4) is 0 Å². The second kappa shape index (κ2) is 10.8. The highest BCUT2D eigenvalue weighted by atomic mass is 28.2. The van der Waals surface area contributed by atoms with Crippen molar-refractivity contribution in [2.24, 2.45) is 34.5 Å². The van der Waals surface area contributed by atoms with Crippen molar-refractivity contribution < 1.29 is 9.22 Å². The van der Waals surface area contributed by atoms with E-state index in [1.165, 1.54) is 55.2 Å². The Balaban J connectivity index is 1.49. The van der Waals surface area contributed by atoms with Gasteiger partial charge < -0.3 is 4.43 Å². The largest absolute Gasteiger partial charge is 0.418 e. The number of ketones is 1. The summed E-state index contributed by atoms with van der Waals surface area (Å²) in [6, 6.07) is 22.7. The molecule has 0 bridgehead atoms. The molecule has 2 saturated carbocycles. The van der Waals surface area contributed by atoms with E-state index >= 15 is 0 Å². The minimum absolute atomic E-state index is 0.0473. The Kier molecular flexibility index (Phi) is 7.60. The van der Waals surface area contributed by atoms with Gasteiger partial charge in [-0.2, -0.15) is 0 Å². The zero-order valence-electron chi connectivity index (χ0n) is 26.0. The molecule has 0 N–H and O–H groups in total. The highest BCUT2D eigenvalue weighted by Crippen LogP contribution is 2.71. The van der Waals surface area contributed by atoms with E-state index < -0.39 is 5.60 Å². The summed E-state index contributed by atoms with van der Waals surface area (Å²) in [7, 11) is 0.694. The van der Waals surface area contributed by atoms with E-state index in [1.807, 2.05) is 6.08 Å². The number of rotatable bonds is 8. The van der Waals surface area contributed by atoms with Crippen LogP contribution in [0.5, 0.6) is 0 Å². The zero-order chi connectivity index (χ0) is 28.9. The highest BCUT2D eigenvalue weighted by molar-refractivity contribution is 5.98. The standard InChI is InChI=1S/C38H50O2Si/c1-5-6-23-38(28-15-11-8-12-16-28,37(4,40-41)27-13-9-7-10-14-27)34-20-19-32-31-18-17-29-26-30(39)21-24-35(29,2)33(31)22-25-36(32,34)3/h7-17,21,24,31-34H,5-6,18-20,22-23,25-26H2,1-4,41H3/t31-,32-,33-,34-,35-,36-,37?,38?/m0/s1. The lowest BCUT2D eigenvalue weighted by molar-refractivity contribution is -0.115. The van der Waals surface area contributed by atoms with Crippen LogP contribution in [0.4, 0.5) is 0 Å². The fraction of sp³-hybridized carbons (Fsp3) is 0.553. The van der Waals surface area contributed by atoms with Crippen molar-refractivity contribution in [1.82, 2.24) is 0 Å². The molecule has 2 nitrogen and oxygen atoms in total. The number of unbranched alkanes of at least 4 members (excludes halogenated alkanes) is 1. The molecule has 8 atom stereocenters. The van der Waals surface area contributed by atoms with Gasteiger partial charge in [-0.1, -0.05) is 112 Å². The molecule has 2 aromatic carbocycles. The van der Waals surface area contributed by atoms with Crippen molar-refractivity contribution in [2.75, 3.05) is 0 Å². The minimum Gasteiger partial charge on any atom is -0.418 e. The van der Waals surface area contributed by atoms with Crippen LogP contribution in [0.1, 0.15) is 96.6 Å². The Morgan fingerprint density at radius 1 is 0.951 bits per heavy atom. The average molecular weight is 567 g/mol. The quantitative estimate of drug-likeness (QED) is 0.238. The minimum atomic E-state index is -0.394. The zero-order valence-corrected chi connectivity index (χ0v) is 28.0. The molecule has 2 fully saturated rings. The van der Waals surface area contributed by atoms with E-state index in [2.05, 4.69) is 101 Å². The van der Waals surface area contributed by atoms with Gasteiger partial charge in [0.25, 0.3) is 0 Å². The fourth-order valence-corrected chi connectivity index (χ4v) is 11.4. The predicted molar refractivity (Wildman–Crippen MR) is 173 cm³/mol. The van der Waals surface area contributed by atoms with Gasteiger partial charge in [-0.05, 0) is 91.7 Å². The van der Waals surface area contributed by atoms with Gasteiger partial charge in [0.1, 0.15) is 10.5 Å². The maximum atomic E-state index is 12.3. The Morgan fingerprint density at radius 2 is 1.63 bits per heavy atom. The van der Waals surface area contributed by atoms with Gasteiger partial charge in [0.05, 0.1) is 5.60 Å². The van der Waals surface area contributed by atoms with Gasteiger partial charge >= 0.3 is 0 Å². The maximum absolute atomic E-state index is 12.3. The third kappa shape index (κ3) is 4.24. The summed E-state index contributed by atoms with van der Waals surface area (Å²) in [5.74, 6) is 2.84.